The van der Waals surface area contributed by atoms with Crippen LogP contribution in [0.2, 0.25) is 0 Å². The second kappa shape index (κ2) is 4.37. The molecule has 0 spiro atoms. The summed E-state index contributed by atoms with van der Waals surface area (Å²) in [5.41, 5.74) is 0. The van der Waals surface area contributed by atoms with Crippen molar-refractivity contribution in [3.63, 3.8) is 0 Å². The number of hydrogen-bond donors (Lipinski definition) is 0. The van der Waals surface area contributed by atoms with Crippen molar-refractivity contribution >= 4 is 10.0 Å². The highest BCUT2D eigenvalue weighted by molar-refractivity contribution is 7.85. The molecule has 0 aliphatic carbocycles. The molecular weight excluding hydrogens is 198 g/mol. The Morgan fingerprint density at radius 2 is 1.93 bits per heavy atom. The quantitative estimate of drug-likeness (QED) is 0.554. The zero-order valence-electron chi connectivity index (χ0n) is 8.13. The third-order valence-electron chi connectivity index (χ3n) is 2.03. The predicted octanol–water partition coefficient (Wildman–Crippen LogP) is 1.12. The van der Waals surface area contributed by atoms with Gasteiger partial charge in [-0.2, -0.15) is 8.42 Å². The molecule has 0 amide bonds. The van der Waals surface area contributed by atoms with Gasteiger partial charge < -0.3 is 0 Å². The minimum absolute atomic E-state index is 0.519. The summed E-state index contributed by atoms with van der Waals surface area (Å²) in [6.45, 7) is 5.36. The maximum atomic E-state index is 11.9. The standard InChI is InChI=1S/C10H14NO2S/c1-3-10(4-2)14(12,13)11-8-6-5-7-9-11/h3,5-10H,1,4H2,2H3/q+1. The Bertz CT molecular complexity index is 397. The van der Waals surface area contributed by atoms with Crippen molar-refractivity contribution in [2.75, 3.05) is 0 Å². The molecule has 1 aromatic heterocycles. The summed E-state index contributed by atoms with van der Waals surface area (Å²) in [5, 5.41) is -0.519. The molecule has 0 bridgehead atoms. The van der Waals surface area contributed by atoms with Crippen molar-refractivity contribution in [1.82, 2.24) is 0 Å². The smallest absolute Gasteiger partial charge is 0.162 e. The van der Waals surface area contributed by atoms with Gasteiger partial charge in [-0.05, 0) is 6.42 Å². The molecule has 0 aromatic carbocycles. The lowest BCUT2D eigenvalue weighted by atomic mass is 10.3. The number of rotatable bonds is 4. The first kappa shape index (κ1) is 10.9. The summed E-state index contributed by atoms with van der Waals surface area (Å²) >= 11 is 0. The third-order valence-corrected chi connectivity index (χ3v) is 4.15. The third kappa shape index (κ3) is 2.01. The van der Waals surface area contributed by atoms with E-state index in [0.717, 1.165) is 0 Å². The molecule has 1 rings (SSSR count). The molecule has 14 heavy (non-hydrogen) atoms. The van der Waals surface area contributed by atoms with Crippen LogP contribution in [0.5, 0.6) is 0 Å². The van der Waals surface area contributed by atoms with E-state index in [4.69, 9.17) is 0 Å². The van der Waals surface area contributed by atoms with Gasteiger partial charge in [0.1, 0.15) is 5.25 Å². The molecule has 1 atom stereocenters. The van der Waals surface area contributed by atoms with Crippen LogP contribution in [0.4, 0.5) is 0 Å². The Balaban J connectivity index is 3.14. The Morgan fingerprint density at radius 1 is 1.36 bits per heavy atom. The maximum absolute atomic E-state index is 11.9. The van der Waals surface area contributed by atoms with Gasteiger partial charge in [-0.15, -0.1) is 6.58 Å². The zero-order chi connectivity index (χ0) is 10.6. The van der Waals surface area contributed by atoms with Gasteiger partial charge in [-0.3, -0.25) is 0 Å². The molecule has 3 nitrogen and oxygen atoms in total. The van der Waals surface area contributed by atoms with Crippen molar-refractivity contribution in [2.45, 2.75) is 18.6 Å². The van der Waals surface area contributed by atoms with E-state index < -0.39 is 15.3 Å². The largest absolute Gasteiger partial charge is 0.375 e. The lowest BCUT2D eigenvalue weighted by molar-refractivity contribution is -0.511. The highest BCUT2D eigenvalue weighted by Gasteiger charge is 2.29. The fourth-order valence-electron chi connectivity index (χ4n) is 1.21. The average molecular weight is 212 g/mol. The first-order chi connectivity index (χ1) is 6.62. The van der Waals surface area contributed by atoms with Gasteiger partial charge in [0.25, 0.3) is 0 Å². The molecule has 76 valence electrons. The maximum Gasteiger partial charge on any atom is 0.375 e. The van der Waals surface area contributed by atoms with Crippen molar-refractivity contribution < 1.29 is 12.4 Å². The molecule has 0 radical (unpaired) electrons. The van der Waals surface area contributed by atoms with E-state index in [1.54, 1.807) is 18.2 Å². The number of hydrogen-bond acceptors (Lipinski definition) is 2. The van der Waals surface area contributed by atoms with Crippen molar-refractivity contribution in [3.8, 4) is 0 Å². The number of nitrogens with zero attached hydrogens (tertiary/aromatic N) is 1. The fourth-order valence-corrected chi connectivity index (χ4v) is 2.66. The van der Waals surface area contributed by atoms with Crippen LogP contribution in [0.15, 0.2) is 43.2 Å². The molecule has 0 saturated heterocycles. The van der Waals surface area contributed by atoms with Gasteiger partial charge in [-0.25, -0.2) is 0 Å². The highest BCUT2D eigenvalue weighted by atomic mass is 32.2. The van der Waals surface area contributed by atoms with Gasteiger partial charge in [0.2, 0.25) is 0 Å². The van der Waals surface area contributed by atoms with Crippen LogP contribution in [0.25, 0.3) is 0 Å². The second-order valence-corrected chi connectivity index (χ2v) is 4.99. The van der Waals surface area contributed by atoms with E-state index in [2.05, 4.69) is 6.58 Å². The SMILES string of the molecule is C=CC(CC)S(=O)(=O)[n+]1ccccc1. The predicted molar refractivity (Wildman–Crippen MR) is 55.2 cm³/mol. The van der Waals surface area contributed by atoms with Crippen LogP contribution >= 0.6 is 0 Å². The first-order valence-corrected chi connectivity index (χ1v) is 5.96. The van der Waals surface area contributed by atoms with Crippen LogP contribution in [0, 0.1) is 0 Å². The Kier molecular flexibility index (Phi) is 3.41. The van der Waals surface area contributed by atoms with Crippen LogP contribution < -0.4 is 3.97 Å². The van der Waals surface area contributed by atoms with E-state index in [-0.39, 0.29) is 0 Å². The summed E-state index contributed by atoms with van der Waals surface area (Å²) in [6.07, 6.45) is 5.06. The van der Waals surface area contributed by atoms with Crippen molar-refractivity contribution in [1.29, 1.82) is 0 Å². The molecule has 0 fully saturated rings. The van der Waals surface area contributed by atoms with E-state index >= 15 is 0 Å². The second-order valence-electron chi connectivity index (χ2n) is 2.93. The number of aromatic nitrogens is 1. The van der Waals surface area contributed by atoms with Gasteiger partial charge in [0.05, 0.1) is 0 Å². The van der Waals surface area contributed by atoms with E-state index in [1.165, 1.54) is 22.4 Å². The molecule has 1 heterocycles. The molecule has 0 saturated carbocycles. The summed E-state index contributed by atoms with van der Waals surface area (Å²) in [7, 11) is -3.30. The summed E-state index contributed by atoms with van der Waals surface area (Å²) in [6, 6.07) is 5.15. The van der Waals surface area contributed by atoms with Crippen molar-refractivity contribution in [2.24, 2.45) is 0 Å². The van der Waals surface area contributed by atoms with Gasteiger partial charge in [0.15, 0.2) is 12.4 Å². The molecule has 0 aliphatic rings. The number of pyridine rings is 1. The zero-order valence-corrected chi connectivity index (χ0v) is 8.94. The van der Waals surface area contributed by atoms with Crippen LogP contribution in [-0.2, 0) is 10.0 Å². The Labute approximate surface area is 84.8 Å². The summed E-state index contributed by atoms with van der Waals surface area (Å²) < 4.78 is 25.0. The van der Waals surface area contributed by atoms with E-state index in [1.807, 2.05) is 6.92 Å². The molecule has 0 N–H and O–H groups in total. The highest BCUT2D eigenvalue weighted by Crippen LogP contribution is 2.04. The lowest BCUT2D eigenvalue weighted by Crippen LogP contribution is -2.47. The molecule has 1 aromatic rings. The monoisotopic (exact) mass is 212 g/mol. The van der Waals surface area contributed by atoms with Gasteiger partial charge in [0, 0.05) is 12.1 Å². The summed E-state index contributed by atoms with van der Waals surface area (Å²) in [4.78, 5) is 0. The first-order valence-electron chi connectivity index (χ1n) is 4.46. The average Bonchev–Trinajstić information content (AvgIpc) is 2.20. The van der Waals surface area contributed by atoms with Gasteiger partial charge >= 0.3 is 10.0 Å². The van der Waals surface area contributed by atoms with Crippen LogP contribution in [0.1, 0.15) is 13.3 Å². The molecule has 0 aliphatic heterocycles. The van der Waals surface area contributed by atoms with Crippen LogP contribution in [-0.4, -0.2) is 13.7 Å². The van der Waals surface area contributed by atoms with Gasteiger partial charge in [-0.1, -0.05) is 23.0 Å². The van der Waals surface area contributed by atoms with Crippen molar-refractivity contribution in [3.05, 3.63) is 43.2 Å². The normalized spacial score (nSPS) is 13.5. The van der Waals surface area contributed by atoms with E-state index in [0.29, 0.717) is 6.42 Å². The molecule has 1 unspecified atom stereocenters. The minimum atomic E-state index is -3.30. The molecule has 4 heteroatoms. The van der Waals surface area contributed by atoms with Crippen LogP contribution in [0.3, 0.4) is 0 Å². The lowest BCUT2D eigenvalue weighted by Gasteiger charge is -2.05. The minimum Gasteiger partial charge on any atom is -0.162 e. The molecular formula is C10H14NO2S+. The topological polar surface area (TPSA) is 38.0 Å². The Hall–Kier alpha value is -1.16. The Morgan fingerprint density at radius 3 is 2.36 bits per heavy atom. The summed E-state index contributed by atoms with van der Waals surface area (Å²) in [5.74, 6) is 0. The fraction of sp³-hybridized carbons (Fsp3) is 0.300. The van der Waals surface area contributed by atoms with E-state index in [9.17, 15) is 8.42 Å².